The Labute approximate surface area is 146 Å². The Morgan fingerprint density at radius 1 is 1.32 bits per heavy atom. The average molecular weight is 343 g/mol. The zero-order valence-electron chi connectivity index (χ0n) is 14.3. The molecule has 0 spiro atoms. The third-order valence-corrected chi connectivity index (χ3v) is 4.42. The summed E-state index contributed by atoms with van der Waals surface area (Å²) in [6.07, 6.45) is 1.84. The van der Waals surface area contributed by atoms with Gasteiger partial charge in [-0.2, -0.15) is 20.7 Å². The normalized spacial score (nSPS) is 20.4. The van der Waals surface area contributed by atoms with Crippen LogP contribution in [0.4, 0.5) is 0 Å². The fourth-order valence-corrected chi connectivity index (χ4v) is 3.09. The quantitative estimate of drug-likeness (QED) is 0.806. The van der Waals surface area contributed by atoms with E-state index in [2.05, 4.69) is 26.4 Å². The van der Waals surface area contributed by atoms with Crippen LogP contribution in [0.25, 0.3) is 0 Å². The number of benzene rings is 1. The molecule has 0 unspecified atom stereocenters. The van der Waals surface area contributed by atoms with Crippen LogP contribution in [0.3, 0.4) is 0 Å². The first-order valence-corrected chi connectivity index (χ1v) is 8.07. The van der Waals surface area contributed by atoms with Gasteiger partial charge >= 0.3 is 0 Å². The molecule has 2 heterocycles. The van der Waals surface area contributed by atoms with Gasteiger partial charge in [-0.15, -0.1) is 0 Å². The Bertz CT molecular complexity index is 728. The van der Waals surface area contributed by atoms with Crippen molar-refractivity contribution < 1.29 is 14.2 Å². The molecular formula is C17H21N5O3. The Hall–Kier alpha value is -2.63. The van der Waals surface area contributed by atoms with Gasteiger partial charge in [-0.1, -0.05) is 0 Å². The molecule has 2 atom stereocenters. The minimum absolute atomic E-state index is 0.0922. The number of hydrogen-bond donors (Lipinski definition) is 1. The first-order chi connectivity index (χ1) is 12.2. The van der Waals surface area contributed by atoms with Gasteiger partial charge in [-0.3, -0.25) is 4.90 Å². The second-order valence-corrected chi connectivity index (χ2v) is 5.86. The van der Waals surface area contributed by atoms with Gasteiger partial charge < -0.3 is 14.2 Å². The highest BCUT2D eigenvalue weighted by molar-refractivity contribution is 5.46. The third kappa shape index (κ3) is 3.90. The van der Waals surface area contributed by atoms with Gasteiger partial charge in [-0.05, 0) is 12.1 Å². The maximum atomic E-state index is 8.94. The van der Waals surface area contributed by atoms with Crippen molar-refractivity contribution in [2.24, 2.45) is 0 Å². The predicted molar refractivity (Wildman–Crippen MR) is 89.6 cm³/mol. The number of methoxy groups -OCH3 is 2. The maximum absolute atomic E-state index is 8.94. The summed E-state index contributed by atoms with van der Waals surface area (Å²) in [7, 11) is 3.29. The number of rotatable bonds is 7. The second-order valence-electron chi connectivity index (χ2n) is 5.86. The number of nitriles is 1. The van der Waals surface area contributed by atoms with Crippen molar-refractivity contribution >= 4 is 0 Å². The fourth-order valence-electron chi connectivity index (χ4n) is 3.09. The molecule has 0 amide bonds. The molecule has 1 fully saturated rings. The zero-order chi connectivity index (χ0) is 17.6. The van der Waals surface area contributed by atoms with E-state index in [0.29, 0.717) is 23.7 Å². The van der Waals surface area contributed by atoms with E-state index in [1.807, 2.05) is 0 Å². The van der Waals surface area contributed by atoms with E-state index in [0.717, 1.165) is 25.3 Å². The summed E-state index contributed by atoms with van der Waals surface area (Å²) in [6.45, 7) is 2.95. The summed E-state index contributed by atoms with van der Waals surface area (Å²) < 4.78 is 16.7. The SMILES string of the molecule is COc1cc(C#N)ccc1OCCN1C[C@@H](OC)[C@H](c2cn[nH]n2)C1. The van der Waals surface area contributed by atoms with Crippen LogP contribution in [0.2, 0.25) is 0 Å². The van der Waals surface area contributed by atoms with Crippen molar-refractivity contribution in [3.63, 3.8) is 0 Å². The Kier molecular flexibility index (Phi) is 5.48. The van der Waals surface area contributed by atoms with Crippen molar-refractivity contribution in [3.05, 3.63) is 35.7 Å². The molecule has 8 heteroatoms. The van der Waals surface area contributed by atoms with Crippen LogP contribution >= 0.6 is 0 Å². The zero-order valence-corrected chi connectivity index (χ0v) is 14.3. The summed E-state index contributed by atoms with van der Waals surface area (Å²) in [5.41, 5.74) is 1.46. The van der Waals surface area contributed by atoms with E-state index < -0.39 is 0 Å². The van der Waals surface area contributed by atoms with Crippen molar-refractivity contribution in [1.29, 1.82) is 5.26 Å². The highest BCUT2D eigenvalue weighted by Crippen LogP contribution is 2.29. The number of likely N-dealkylation sites (tertiary alicyclic amines) is 1. The largest absolute Gasteiger partial charge is 0.493 e. The van der Waals surface area contributed by atoms with E-state index in [4.69, 9.17) is 19.5 Å². The van der Waals surface area contributed by atoms with Gasteiger partial charge in [-0.25, -0.2) is 0 Å². The van der Waals surface area contributed by atoms with Gasteiger partial charge in [0.2, 0.25) is 0 Å². The smallest absolute Gasteiger partial charge is 0.162 e. The van der Waals surface area contributed by atoms with Crippen LogP contribution in [-0.2, 0) is 4.74 Å². The summed E-state index contributed by atoms with van der Waals surface area (Å²) in [5.74, 6) is 1.40. The Morgan fingerprint density at radius 2 is 2.20 bits per heavy atom. The summed E-state index contributed by atoms with van der Waals surface area (Å²) in [6, 6.07) is 7.24. The van der Waals surface area contributed by atoms with Crippen molar-refractivity contribution in [2.45, 2.75) is 12.0 Å². The summed E-state index contributed by atoms with van der Waals surface area (Å²) in [4.78, 5) is 2.28. The topological polar surface area (TPSA) is 96.3 Å². The Morgan fingerprint density at radius 3 is 2.88 bits per heavy atom. The molecule has 8 nitrogen and oxygen atoms in total. The molecule has 0 saturated carbocycles. The number of hydrogen-bond acceptors (Lipinski definition) is 7. The summed E-state index contributed by atoms with van der Waals surface area (Å²) in [5, 5.41) is 19.7. The molecule has 1 N–H and O–H groups in total. The first kappa shape index (κ1) is 17.2. The number of H-pyrrole nitrogens is 1. The van der Waals surface area contributed by atoms with E-state index >= 15 is 0 Å². The molecule has 0 radical (unpaired) electrons. The lowest BCUT2D eigenvalue weighted by Crippen LogP contribution is -2.27. The highest BCUT2D eigenvalue weighted by atomic mass is 16.5. The first-order valence-electron chi connectivity index (χ1n) is 8.07. The van der Waals surface area contributed by atoms with Crippen molar-refractivity contribution in [2.75, 3.05) is 40.5 Å². The van der Waals surface area contributed by atoms with Crippen LogP contribution in [0.15, 0.2) is 24.4 Å². The molecule has 2 aromatic rings. The predicted octanol–water partition coefficient (Wildman–Crippen LogP) is 1.18. The molecule has 1 aromatic carbocycles. The van der Waals surface area contributed by atoms with E-state index in [9.17, 15) is 0 Å². The molecule has 3 rings (SSSR count). The van der Waals surface area contributed by atoms with Crippen molar-refractivity contribution in [1.82, 2.24) is 20.3 Å². The molecule has 1 aliphatic rings. The maximum Gasteiger partial charge on any atom is 0.162 e. The number of nitrogens with zero attached hydrogens (tertiary/aromatic N) is 4. The summed E-state index contributed by atoms with van der Waals surface area (Å²) >= 11 is 0. The molecule has 0 aliphatic carbocycles. The van der Waals surface area contributed by atoms with Crippen LogP contribution in [0.1, 0.15) is 17.2 Å². The van der Waals surface area contributed by atoms with Gasteiger partial charge in [0.25, 0.3) is 0 Å². The van der Waals surface area contributed by atoms with E-state index in [1.54, 1.807) is 38.6 Å². The van der Waals surface area contributed by atoms with Gasteiger partial charge in [0.05, 0.1) is 36.7 Å². The van der Waals surface area contributed by atoms with Crippen LogP contribution in [0, 0.1) is 11.3 Å². The van der Waals surface area contributed by atoms with Crippen LogP contribution in [0.5, 0.6) is 11.5 Å². The molecule has 1 aromatic heterocycles. The molecule has 0 bridgehead atoms. The third-order valence-electron chi connectivity index (χ3n) is 4.42. The average Bonchev–Trinajstić information content (AvgIpc) is 3.31. The lowest BCUT2D eigenvalue weighted by Gasteiger charge is -2.16. The highest BCUT2D eigenvalue weighted by Gasteiger charge is 2.35. The Balaban J connectivity index is 1.55. The van der Waals surface area contributed by atoms with Crippen LogP contribution < -0.4 is 9.47 Å². The lowest BCUT2D eigenvalue weighted by atomic mass is 10.0. The monoisotopic (exact) mass is 343 g/mol. The minimum atomic E-state index is 0.0922. The number of aromatic amines is 1. The molecule has 25 heavy (non-hydrogen) atoms. The molecule has 1 aliphatic heterocycles. The molecule has 1 saturated heterocycles. The number of aromatic nitrogens is 3. The molecular weight excluding hydrogens is 322 g/mol. The van der Waals surface area contributed by atoms with E-state index in [-0.39, 0.29) is 12.0 Å². The second kappa shape index (κ2) is 7.96. The lowest BCUT2D eigenvalue weighted by molar-refractivity contribution is 0.0947. The van der Waals surface area contributed by atoms with E-state index in [1.165, 1.54) is 0 Å². The van der Waals surface area contributed by atoms with Gasteiger partial charge in [0.1, 0.15) is 6.61 Å². The van der Waals surface area contributed by atoms with Gasteiger partial charge in [0.15, 0.2) is 11.5 Å². The van der Waals surface area contributed by atoms with Crippen LogP contribution in [-0.4, -0.2) is 66.9 Å². The minimum Gasteiger partial charge on any atom is -0.493 e. The van der Waals surface area contributed by atoms with Crippen molar-refractivity contribution in [3.8, 4) is 17.6 Å². The van der Waals surface area contributed by atoms with Gasteiger partial charge in [0, 0.05) is 38.7 Å². The number of nitrogens with one attached hydrogen (secondary N) is 1. The standard InChI is InChI=1S/C17H21N5O3/c1-23-16-7-12(8-18)3-4-15(16)25-6-5-22-10-13(17(11-22)24-2)14-9-19-21-20-14/h3-4,7,9,13,17H,5-6,10-11H2,1-2H3,(H,19,20,21)/t13-,17+/m0/s1. The molecule has 132 valence electrons. The number of ether oxygens (including phenoxy) is 3. The fraction of sp³-hybridized carbons (Fsp3) is 0.471.